The number of aldehydes is 1. The predicted octanol–water partition coefficient (Wildman–Crippen LogP) is 2.37. The minimum atomic E-state index is -4.58. The summed E-state index contributed by atoms with van der Waals surface area (Å²) in [7, 11) is 0. The molecular formula is C10H6F6N4O3. The van der Waals surface area contributed by atoms with Crippen molar-refractivity contribution in [3.63, 3.8) is 0 Å². The zero-order valence-electron chi connectivity index (χ0n) is 10.7. The highest BCUT2D eigenvalue weighted by molar-refractivity contribution is 5.83. The van der Waals surface area contributed by atoms with Gasteiger partial charge in [-0.2, -0.15) is 26.3 Å². The van der Waals surface area contributed by atoms with E-state index in [2.05, 4.69) is 9.97 Å². The number of aromatic amines is 2. The normalized spacial score (nSPS) is 11.6. The number of alkyl halides is 6. The SMILES string of the molecule is O=C(O)c1ncc(C(F)(F)F)[nH]1.O=Cc1ncc(C(F)(F)F)[nH]1. The van der Waals surface area contributed by atoms with Crippen molar-refractivity contribution >= 4 is 12.3 Å². The monoisotopic (exact) mass is 344 g/mol. The summed E-state index contributed by atoms with van der Waals surface area (Å²) >= 11 is 0. The maximum absolute atomic E-state index is 11.8. The lowest BCUT2D eigenvalue weighted by molar-refractivity contribution is -0.141. The fraction of sp³-hybridized carbons (Fsp3) is 0.200. The molecule has 0 amide bonds. The Morgan fingerprint density at radius 3 is 1.74 bits per heavy atom. The second-order valence-corrected chi connectivity index (χ2v) is 3.75. The second-order valence-electron chi connectivity index (χ2n) is 3.75. The van der Waals surface area contributed by atoms with Gasteiger partial charge in [-0.15, -0.1) is 0 Å². The Labute approximate surface area is 122 Å². The van der Waals surface area contributed by atoms with Crippen LogP contribution in [0.3, 0.4) is 0 Å². The van der Waals surface area contributed by atoms with Crippen LogP contribution in [0, 0.1) is 0 Å². The Morgan fingerprint density at radius 2 is 1.48 bits per heavy atom. The van der Waals surface area contributed by atoms with Crippen molar-refractivity contribution in [2.45, 2.75) is 12.4 Å². The van der Waals surface area contributed by atoms with E-state index in [1.54, 1.807) is 9.97 Å². The molecule has 2 heterocycles. The van der Waals surface area contributed by atoms with Crippen molar-refractivity contribution in [2.24, 2.45) is 0 Å². The van der Waals surface area contributed by atoms with Crippen molar-refractivity contribution < 1.29 is 41.0 Å². The maximum atomic E-state index is 11.8. The summed E-state index contributed by atoms with van der Waals surface area (Å²) in [5.41, 5.74) is -2.18. The van der Waals surface area contributed by atoms with E-state index < -0.39 is 35.5 Å². The first-order valence-corrected chi connectivity index (χ1v) is 5.38. The number of imidazole rings is 2. The molecule has 2 aromatic heterocycles. The van der Waals surface area contributed by atoms with E-state index in [-0.39, 0.29) is 12.1 Å². The Balaban J connectivity index is 0.000000231. The standard InChI is InChI=1S/C5H3F3N2O2.C5H3F3N2O/c6-5(7,8)2-1-9-3(10-2)4(11)12;6-5(7,8)3-1-9-4(2-11)10-3/h1H,(H,9,10)(H,11,12);1-2H,(H,9,10). The molecule has 0 fully saturated rings. The number of carboxylic acids is 1. The quantitative estimate of drug-likeness (QED) is 0.572. The first kappa shape index (κ1) is 18.2. The minimum absolute atomic E-state index is 0.217. The van der Waals surface area contributed by atoms with Crippen LogP contribution in [0.2, 0.25) is 0 Å². The molecule has 0 aliphatic carbocycles. The molecule has 0 aliphatic heterocycles. The van der Waals surface area contributed by atoms with Crippen LogP contribution >= 0.6 is 0 Å². The second kappa shape index (κ2) is 6.50. The molecule has 0 spiro atoms. The van der Waals surface area contributed by atoms with Crippen molar-refractivity contribution in [3.8, 4) is 0 Å². The molecule has 0 aliphatic rings. The van der Waals surface area contributed by atoms with Crippen LogP contribution in [-0.2, 0) is 12.4 Å². The predicted molar refractivity (Wildman–Crippen MR) is 59.5 cm³/mol. The largest absolute Gasteiger partial charge is 0.475 e. The maximum Gasteiger partial charge on any atom is 0.432 e. The number of halogens is 6. The summed E-state index contributed by atoms with van der Waals surface area (Å²) < 4.78 is 70.7. The van der Waals surface area contributed by atoms with Crippen LogP contribution in [0.4, 0.5) is 26.3 Å². The van der Waals surface area contributed by atoms with E-state index in [0.717, 1.165) is 0 Å². The molecule has 0 saturated heterocycles. The number of aromatic nitrogens is 4. The Bertz CT molecular complexity index is 687. The van der Waals surface area contributed by atoms with Gasteiger partial charge < -0.3 is 15.1 Å². The molecule has 0 aromatic carbocycles. The molecular weight excluding hydrogens is 338 g/mol. The van der Waals surface area contributed by atoms with Gasteiger partial charge in [-0.3, -0.25) is 4.79 Å². The molecule has 3 N–H and O–H groups in total. The first-order chi connectivity index (χ1) is 10.4. The zero-order chi connectivity index (χ0) is 17.8. The summed E-state index contributed by atoms with van der Waals surface area (Å²) in [5, 5.41) is 8.20. The number of rotatable bonds is 2. The van der Waals surface area contributed by atoms with Gasteiger partial charge in [-0.1, -0.05) is 0 Å². The van der Waals surface area contributed by atoms with Gasteiger partial charge in [-0.05, 0) is 0 Å². The summed E-state index contributed by atoms with van der Waals surface area (Å²) in [6.45, 7) is 0. The van der Waals surface area contributed by atoms with Crippen LogP contribution < -0.4 is 0 Å². The van der Waals surface area contributed by atoms with Crippen molar-refractivity contribution in [2.75, 3.05) is 0 Å². The summed E-state index contributed by atoms with van der Waals surface area (Å²) in [4.78, 5) is 29.5. The van der Waals surface area contributed by atoms with Gasteiger partial charge >= 0.3 is 18.3 Å². The Hall–Kier alpha value is -2.86. The van der Waals surface area contributed by atoms with Crippen LogP contribution in [0.1, 0.15) is 32.6 Å². The van der Waals surface area contributed by atoms with Crippen LogP contribution in [0.15, 0.2) is 12.4 Å². The lowest BCUT2D eigenvalue weighted by atomic mass is 10.5. The molecule has 0 unspecified atom stereocenters. The van der Waals surface area contributed by atoms with Gasteiger partial charge in [0.15, 0.2) is 12.1 Å². The molecule has 2 rings (SSSR count). The van der Waals surface area contributed by atoms with Crippen LogP contribution in [0.5, 0.6) is 0 Å². The van der Waals surface area contributed by atoms with Crippen molar-refractivity contribution in [1.29, 1.82) is 0 Å². The molecule has 0 bridgehead atoms. The van der Waals surface area contributed by atoms with Crippen molar-refractivity contribution in [3.05, 3.63) is 35.4 Å². The number of aromatic carboxylic acids is 1. The molecule has 126 valence electrons. The summed E-state index contributed by atoms with van der Waals surface area (Å²) in [6.07, 6.45) is -7.82. The topological polar surface area (TPSA) is 112 Å². The summed E-state index contributed by atoms with van der Waals surface area (Å²) in [6, 6.07) is 0. The van der Waals surface area contributed by atoms with Gasteiger partial charge in [0.2, 0.25) is 5.82 Å². The van der Waals surface area contributed by atoms with E-state index in [0.29, 0.717) is 12.4 Å². The van der Waals surface area contributed by atoms with E-state index in [1.807, 2.05) is 0 Å². The number of hydrogen-bond donors (Lipinski definition) is 3. The van der Waals surface area contributed by atoms with Gasteiger partial charge in [0.25, 0.3) is 0 Å². The molecule has 13 heteroatoms. The van der Waals surface area contributed by atoms with E-state index >= 15 is 0 Å². The third kappa shape index (κ3) is 5.12. The van der Waals surface area contributed by atoms with Crippen LogP contribution in [0.25, 0.3) is 0 Å². The average molecular weight is 344 g/mol. The smallest absolute Gasteiger partial charge is 0.432 e. The number of hydrogen-bond acceptors (Lipinski definition) is 4. The molecule has 7 nitrogen and oxygen atoms in total. The highest BCUT2D eigenvalue weighted by Crippen LogP contribution is 2.27. The Kier molecular flexibility index (Phi) is 5.14. The molecule has 2 aromatic rings. The number of H-pyrrole nitrogens is 2. The Morgan fingerprint density at radius 1 is 1.00 bits per heavy atom. The molecule has 0 saturated carbocycles. The number of nitrogens with one attached hydrogen (secondary N) is 2. The van der Waals surface area contributed by atoms with Gasteiger partial charge in [0.05, 0.1) is 12.4 Å². The lowest BCUT2D eigenvalue weighted by Gasteiger charge is -1.99. The van der Waals surface area contributed by atoms with Gasteiger partial charge in [-0.25, -0.2) is 14.8 Å². The highest BCUT2D eigenvalue weighted by Gasteiger charge is 2.34. The molecule has 23 heavy (non-hydrogen) atoms. The van der Waals surface area contributed by atoms with Crippen LogP contribution in [-0.4, -0.2) is 37.3 Å². The lowest BCUT2D eigenvalue weighted by Crippen LogP contribution is -2.06. The zero-order valence-corrected chi connectivity index (χ0v) is 10.7. The van der Waals surface area contributed by atoms with Crippen molar-refractivity contribution in [1.82, 2.24) is 19.9 Å². The number of carbonyl (C=O) groups is 2. The van der Waals surface area contributed by atoms with E-state index in [9.17, 15) is 35.9 Å². The fourth-order valence-corrected chi connectivity index (χ4v) is 1.11. The fourth-order valence-electron chi connectivity index (χ4n) is 1.11. The summed E-state index contributed by atoms with van der Waals surface area (Å²) in [5.74, 6) is -2.56. The minimum Gasteiger partial charge on any atom is -0.475 e. The third-order valence-electron chi connectivity index (χ3n) is 2.10. The van der Waals surface area contributed by atoms with Gasteiger partial charge in [0.1, 0.15) is 11.4 Å². The van der Waals surface area contributed by atoms with Gasteiger partial charge in [0, 0.05) is 0 Å². The third-order valence-corrected chi connectivity index (χ3v) is 2.10. The molecule has 0 atom stereocenters. The van der Waals surface area contributed by atoms with E-state index in [1.165, 1.54) is 0 Å². The number of nitrogens with zero attached hydrogens (tertiary/aromatic N) is 2. The highest BCUT2D eigenvalue weighted by atomic mass is 19.4. The average Bonchev–Trinajstić information content (AvgIpc) is 3.07. The first-order valence-electron chi connectivity index (χ1n) is 5.38. The number of carbonyl (C=O) groups excluding carboxylic acids is 1. The van der Waals surface area contributed by atoms with E-state index in [4.69, 9.17) is 5.11 Å². The number of carboxylic acid groups (broad SMARTS) is 1. The molecule has 0 radical (unpaired) electrons.